The van der Waals surface area contributed by atoms with Gasteiger partial charge in [-0.2, -0.15) is 0 Å². The molecule has 2 aromatic carbocycles. The molecule has 0 aromatic heterocycles. The van der Waals surface area contributed by atoms with Gasteiger partial charge in [-0.3, -0.25) is 0 Å². The number of rotatable bonds is 9. The van der Waals surface area contributed by atoms with E-state index >= 15 is 0 Å². The van der Waals surface area contributed by atoms with E-state index in [1.54, 1.807) is 7.11 Å². The van der Waals surface area contributed by atoms with Crippen molar-refractivity contribution >= 4 is 11.6 Å². The van der Waals surface area contributed by atoms with E-state index in [2.05, 4.69) is 43.4 Å². The molecule has 0 amide bonds. The first kappa shape index (κ1) is 18.6. The molecule has 2 rings (SSSR count). The van der Waals surface area contributed by atoms with Crippen molar-refractivity contribution in [1.82, 2.24) is 5.32 Å². The van der Waals surface area contributed by atoms with Crippen LogP contribution in [0.25, 0.3) is 0 Å². The molecule has 1 N–H and O–H groups in total. The molecule has 0 aliphatic carbocycles. The van der Waals surface area contributed by atoms with E-state index in [4.69, 9.17) is 21.1 Å². The molecule has 0 fully saturated rings. The van der Waals surface area contributed by atoms with Gasteiger partial charge in [0.1, 0.15) is 6.61 Å². The fraction of sp³-hybridized carbons (Fsp3) is 0.400. The Labute approximate surface area is 149 Å². The van der Waals surface area contributed by atoms with Gasteiger partial charge in [0.15, 0.2) is 11.5 Å². The molecular weight excluding hydrogens is 322 g/mol. The minimum atomic E-state index is 0.463. The van der Waals surface area contributed by atoms with Crippen molar-refractivity contribution < 1.29 is 9.47 Å². The molecule has 0 spiro atoms. The summed E-state index contributed by atoms with van der Waals surface area (Å²) >= 11 is 6.41. The third kappa shape index (κ3) is 5.43. The van der Waals surface area contributed by atoms with Gasteiger partial charge in [0.25, 0.3) is 0 Å². The minimum Gasteiger partial charge on any atom is -0.493 e. The van der Waals surface area contributed by atoms with Gasteiger partial charge in [-0.25, -0.2) is 0 Å². The Morgan fingerprint density at radius 2 is 1.83 bits per heavy atom. The zero-order valence-corrected chi connectivity index (χ0v) is 15.5. The summed E-state index contributed by atoms with van der Waals surface area (Å²) in [5, 5.41) is 3.99. The zero-order valence-electron chi connectivity index (χ0n) is 14.7. The molecule has 2 aromatic rings. The molecule has 3 nitrogen and oxygen atoms in total. The standard InChI is InChI=1S/C20H26ClNO2/c1-4-5-10-22-13-17-11-18(21)20(19(12-17)23-3)24-14-16-8-6-15(2)7-9-16/h6-9,11-12,22H,4-5,10,13-14H2,1-3H3. The van der Waals surface area contributed by atoms with Gasteiger partial charge >= 0.3 is 0 Å². The van der Waals surface area contributed by atoms with Crippen LogP contribution in [-0.2, 0) is 13.2 Å². The summed E-state index contributed by atoms with van der Waals surface area (Å²) in [4.78, 5) is 0. The monoisotopic (exact) mass is 347 g/mol. The molecule has 24 heavy (non-hydrogen) atoms. The number of hydrogen-bond acceptors (Lipinski definition) is 3. The van der Waals surface area contributed by atoms with Gasteiger partial charge in [0.2, 0.25) is 0 Å². The number of benzene rings is 2. The Morgan fingerprint density at radius 3 is 2.50 bits per heavy atom. The van der Waals surface area contributed by atoms with Crippen molar-refractivity contribution in [2.45, 2.75) is 39.8 Å². The van der Waals surface area contributed by atoms with Crippen LogP contribution in [-0.4, -0.2) is 13.7 Å². The van der Waals surface area contributed by atoms with Gasteiger partial charge in [-0.05, 0) is 43.1 Å². The molecule has 0 aliphatic heterocycles. The van der Waals surface area contributed by atoms with Crippen molar-refractivity contribution in [3.63, 3.8) is 0 Å². The van der Waals surface area contributed by atoms with Crippen molar-refractivity contribution in [2.75, 3.05) is 13.7 Å². The predicted molar refractivity (Wildman–Crippen MR) is 100 cm³/mol. The highest BCUT2D eigenvalue weighted by atomic mass is 35.5. The van der Waals surface area contributed by atoms with Crippen LogP contribution in [0.2, 0.25) is 5.02 Å². The lowest BCUT2D eigenvalue weighted by Crippen LogP contribution is -2.14. The van der Waals surface area contributed by atoms with Crippen LogP contribution in [0.1, 0.15) is 36.5 Å². The molecule has 0 radical (unpaired) electrons. The first-order valence-electron chi connectivity index (χ1n) is 8.39. The number of nitrogens with one attached hydrogen (secondary N) is 1. The molecule has 0 heterocycles. The maximum atomic E-state index is 6.41. The summed E-state index contributed by atoms with van der Waals surface area (Å²) in [7, 11) is 1.64. The van der Waals surface area contributed by atoms with Crippen LogP contribution in [0.3, 0.4) is 0 Å². The second kappa shape index (κ2) is 9.55. The Morgan fingerprint density at radius 1 is 1.08 bits per heavy atom. The van der Waals surface area contributed by atoms with Gasteiger partial charge in [-0.15, -0.1) is 0 Å². The third-order valence-electron chi connectivity index (χ3n) is 3.83. The largest absolute Gasteiger partial charge is 0.493 e. The molecule has 0 aliphatic rings. The van der Waals surface area contributed by atoms with Crippen LogP contribution < -0.4 is 14.8 Å². The lowest BCUT2D eigenvalue weighted by Gasteiger charge is -2.15. The third-order valence-corrected chi connectivity index (χ3v) is 4.11. The van der Waals surface area contributed by atoms with E-state index in [9.17, 15) is 0 Å². The molecule has 130 valence electrons. The lowest BCUT2D eigenvalue weighted by atomic mass is 10.1. The average Bonchev–Trinajstić information content (AvgIpc) is 2.59. The number of unbranched alkanes of at least 4 members (excludes halogenated alkanes) is 1. The van der Waals surface area contributed by atoms with Gasteiger partial charge in [-0.1, -0.05) is 54.8 Å². The molecule has 4 heteroatoms. The zero-order chi connectivity index (χ0) is 17.4. The van der Waals surface area contributed by atoms with E-state index in [1.165, 1.54) is 18.4 Å². The van der Waals surface area contributed by atoms with Crippen molar-refractivity contribution in [3.8, 4) is 11.5 Å². The summed E-state index contributed by atoms with van der Waals surface area (Å²) in [6.45, 7) is 6.49. The van der Waals surface area contributed by atoms with Crippen molar-refractivity contribution in [1.29, 1.82) is 0 Å². The molecule has 0 unspecified atom stereocenters. The van der Waals surface area contributed by atoms with Gasteiger partial charge in [0.05, 0.1) is 12.1 Å². The maximum absolute atomic E-state index is 6.41. The summed E-state index contributed by atoms with van der Waals surface area (Å²) in [5.41, 5.74) is 3.42. The van der Waals surface area contributed by atoms with E-state index in [1.807, 2.05) is 12.1 Å². The van der Waals surface area contributed by atoms with Gasteiger partial charge in [0, 0.05) is 6.54 Å². The second-order valence-electron chi connectivity index (χ2n) is 5.91. The number of methoxy groups -OCH3 is 1. The fourth-order valence-electron chi connectivity index (χ4n) is 2.39. The summed E-state index contributed by atoms with van der Waals surface area (Å²) in [6.07, 6.45) is 2.35. The fourth-order valence-corrected chi connectivity index (χ4v) is 2.68. The maximum Gasteiger partial charge on any atom is 0.180 e. The predicted octanol–water partition coefficient (Wildman–Crippen LogP) is 5.13. The minimum absolute atomic E-state index is 0.463. The van der Waals surface area contributed by atoms with E-state index in [0.29, 0.717) is 23.1 Å². The molecule has 0 saturated carbocycles. The average molecular weight is 348 g/mol. The van der Waals surface area contributed by atoms with Crippen molar-refractivity contribution in [2.24, 2.45) is 0 Å². The Hall–Kier alpha value is -1.71. The highest BCUT2D eigenvalue weighted by molar-refractivity contribution is 6.32. The highest BCUT2D eigenvalue weighted by Gasteiger charge is 2.12. The molecule has 0 bridgehead atoms. The van der Waals surface area contributed by atoms with Gasteiger partial charge < -0.3 is 14.8 Å². The summed E-state index contributed by atoms with van der Waals surface area (Å²) < 4.78 is 11.4. The smallest absolute Gasteiger partial charge is 0.180 e. The van der Waals surface area contributed by atoms with E-state index in [-0.39, 0.29) is 0 Å². The van der Waals surface area contributed by atoms with Crippen LogP contribution in [0, 0.1) is 6.92 Å². The molecule has 0 atom stereocenters. The molecule has 0 saturated heterocycles. The first-order chi connectivity index (χ1) is 11.6. The molecular formula is C20H26ClNO2. The topological polar surface area (TPSA) is 30.5 Å². The Bertz CT molecular complexity index is 641. The highest BCUT2D eigenvalue weighted by Crippen LogP contribution is 2.37. The number of hydrogen-bond donors (Lipinski definition) is 1. The number of halogens is 1. The lowest BCUT2D eigenvalue weighted by molar-refractivity contribution is 0.284. The van der Waals surface area contributed by atoms with Crippen LogP contribution in [0.5, 0.6) is 11.5 Å². The van der Waals surface area contributed by atoms with Crippen LogP contribution in [0.15, 0.2) is 36.4 Å². The number of ether oxygens (including phenoxy) is 2. The SMILES string of the molecule is CCCCNCc1cc(Cl)c(OCc2ccc(C)cc2)c(OC)c1. The second-order valence-corrected chi connectivity index (χ2v) is 6.32. The Kier molecular flexibility index (Phi) is 7.41. The van der Waals surface area contributed by atoms with Crippen LogP contribution in [0.4, 0.5) is 0 Å². The number of aryl methyl sites for hydroxylation is 1. The first-order valence-corrected chi connectivity index (χ1v) is 8.77. The summed E-state index contributed by atoms with van der Waals surface area (Å²) in [5.74, 6) is 1.26. The van der Waals surface area contributed by atoms with E-state index < -0.39 is 0 Å². The van der Waals surface area contributed by atoms with Crippen molar-refractivity contribution in [3.05, 3.63) is 58.1 Å². The van der Waals surface area contributed by atoms with Crippen LogP contribution >= 0.6 is 11.6 Å². The normalized spacial score (nSPS) is 10.7. The Balaban J connectivity index is 2.04. The quantitative estimate of drug-likeness (QED) is 0.638. The summed E-state index contributed by atoms with van der Waals surface area (Å²) in [6, 6.07) is 12.2. The van der Waals surface area contributed by atoms with E-state index in [0.717, 1.165) is 24.2 Å².